The van der Waals surface area contributed by atoms with Gasteiger partial charge < -0.3 is 0 Å². The van der Waals surface area contributed by atoms with Crippen molar-refractivity contribution in [3.05, 3.63) is 27.7 Å². The summed E-state index contributed by atoms with van der Waals surface area (Å²) in [4.78, 5) is 10.6. The molecule has 0 heterocycles. The van der Waals surface area contributed by atoms with E-state index < -0.39 is 0 Å². The van der Waals surface area contributed by atoms with Crippen LogP contribution in [-0.4, -0.2) is 6.04 Å². The maximum atomic E-state index is 10.6. The molecule has 0 bridgehead atoms. The van der Waals surface area contributed by atoms with Crippen LogP contribution in [0, 0.1) is 10.8 Å². The molecule has 0 saturated carbocycles. The van der Waals surface area contributed by atoms with Crippen molar-refractivity contribution < 1.29 is 0 Å². The second-order valence-corrected chi connectivity index (χ2v) is 3.74. The second-order valence-electron chi connectivity index (χ2n) is 3.74. The molecule has 0 aromatic heterocycles. The van der Waals surface area contributed by atoms with E-state index in [-0.39, 0.29) is 12.0 Å². The number of allylic oxidation sites excluding steroid dienone is 2. The number of nitrogens with zero attached hydrogens (tertiary/aromatic N) is 1. The van der Waals surface area contributed by atoms with E-state index >= 15 is 0 Å². The Kier molecular flexibility index (Phi) is 3.02. The minimum absolute atomic E-state index is 0.154. The first-order valence-corrected chi connectivity index (χ1v) is 4.82. The Balaban J connectivity index is 3.06. The molecule has 13 heavy (non-hydrogen) atoms. The maximum absolute atomic E-state index is 10.6. The predicted molar refractivity (Wildman–Crippen MR) is 55.5 cm³/mol. The van der Waals surface area contributed by atoms with Gasteiger partial charge in [-0.2, -0.15) is 4.91 Å². The molecule has 0 aliphatic heterocycles. The molecule has 2 unspecified atom stereocenters. The van der Waals surface area contributed by atoms with Crippen molar-refractivity contribution in [2.24, 2.45) is 11.1 Å². The van der Waals surface area contributed by atoms with Crippen LogP contribution in [0.4, 0.5) is 0 Å². The first-order valence-electron chi connectivity index (χ1n) is 4.82. The Labute approximate surface area is 79.7 Å². The zero-order valence-corrected chi connectivity index (χ0v) is 8.79. The molecular weight excluding hydrogens is 162 g/mol. The molecule has 0 saturated heterocycles. The Morgan fingerprint density at radius 1 is 1.46 bits per heavy atom. The lowest BCUT2D eigenvalue weighted by molar-refractivity contribution is 0.575. The van der Waals surface area contributed by atoms with Gasteiger partial charge in [-0.05, 0) is 31.4 Å². The highest BCUT2D eigenvalue weighted by Crippen LogP contribution is 2.32. The molecule has 0 amide bonds. The molecule has 0 aromatic carbocycles. The average Bonchev–Trinajstić information content (AvgIpc) is 2.15. The summed E-state index contributed by atoms with van der Waals surface area (Å²) in [7, 11) is 0. The summed E-state index contributed by atoms with van der Waals surface area (Å²) in [6.07, 6.45) is 3.00. The van der Waals surface area contributed by atoms with Gasteiger partial charge in [0.15, 0.2) is 0 Å². The lowest BCUT2D eigenvalue weighted by Crippen LogP contribution is -2.20. The second kappa shape index (κ2) is 3.86. The highest BCUT2D eigenvalue weighted by atomic mass is 16.3. The van der Waals surface area contributed by atoms with Crippen LogP contribution < -0.4 is 0 Å². The van der Waals surface area contributed by atoms with Crippen LogP contribution in [0.2, 0.25) is 0 Å². The summed E-state index contributed by atoms with van der Waals surface area (Å²) in [5.74, 6) is 0.271. The first kappa shape index (κ1) is 10.2. The van der Waals surface area contributed by atoms with E-state index in [1.165, 1.54) is 16.7 Å². The van der Waals surface area contributed by atoms with Gasteiger partial charge in [0, 0.05) is 5.92 Å². The Hall–Kier alpha value is -0.920. The quantitative estimate of drug-likeness (QED) is 0.597. The van der Waals surface area contributed by atoms with Crippen molar-refractivity contribution in [3.63, 3.8) is 0 Å². The van der Waals surface area contributed by atoms with Gasteiger partial charge in [0.05, 0.1) is 0 Å². The van der Waals surface area contributed by atoms with Gasteiger partial charge in [0.1, 0.15) is 6.04 Å². The number of hydrogen-bond acceptors (Lipinski definition) is 2. The van der Waals surface area contributed by atoms with Gasteiger partial charge >= 0.3 is 0 Å². The van der Waals surface area contributed by atoms with E-state index in [2.05, 4.69) is 32.9 Å². The van der Waals surface area contributed by atoms with E-state index in [0.29, 0.717) is 0 Å². The van der Waals surface area contributed by atoms with Gasteiger partial charge in [-0.1, -0.05) is 30.7 Å². The monoisotopic (exact) mass is 179 g/mol. The van der Waals surface area contributed by atoms with Gasteiger partial charge in [-0.3, -0.25) is 0 Å². The molecule has 0 spiro atoms. The Bertz CT molecular complexity index is 276. The average molecular weight is 179 g/mol. The summed E-state index contributed by atoms with van der Waals surface area (Å²) in [5.41, 5.74) is 3.93. The molecule has 2 nitrogen and oxygen atoms in total. The largest absolute Gasteiger partial charge is 0.150 e. The molecule has 1 rings (SSSR count). The lowest BCUT2D eigenvalue weighted by atomic mass is 9.82. The fourth-order valence-electron chi connectivity index (χ4n) is 1.83. The zero-order chi connectivity index (χ0) is 10.0. The summed E-state index contributed by atoms with van der Waals surface area (Å²) in [6.45, 7) is 8.40. The molecule has 2 heteroatoms. The third-order valence-corrected chi connectivity index (χ3v) is 3.14. The Morgan fingerprint density at radius 3 is 2.54 bits per heavy atom. The highest BCUT2D eigenvalue weighted by Gasteiger charge is 2.24. The molecule has 0 fully saturated rings. The minimum atomic E-state index is -0.154. The third kappa shape index (κ3) is 1.71. The summed E-state index contributed by atoms with van der Waals surface area (Å²) in [6, 6.07) is -0.154. The molecule has 72 valence electrons. The van der Waals surface area contributed by atoms with Gasteiger partial charge in [0.2, 0.25) is 0 Å². The normalized spacial score (nSPS) is 28.8. The molecular formula is C11H17NO. The van der Waals surface area contributed by atoms with E-state index in [9.17, 15) is 4.91 Å². The van der Waals surface area contributed by atoms with Crippen molar-refractivity contribution in [2.75, 3.05) is 0 Å². The number of rotatable bonds is 2. The number of nitroso groups, excluding NO2 is 1. The van der Waals surface area contributed by atoms with Crippen molar-refractivity contribution in [1.82, 2.24) is 0 Å². The lowest BCUT2D eigenvalue weighted by Gasteiger charge is -2.25. The van der Waals surface area contributed by atoms with E-state index in [1.54, 1.807) is 0 Å². The molecule has 2 atom stereocenters. The van der Waals surface area contributed by atoms with Crippen LogP contribution in [0.15, 0.2) is 28.0 Å². The fraction of sp³-hybridized carbons (Fsp3) is 0.636. The molecule has 1 aliphatic carbocycles. The van der Waals surface area contributed by atoms with Crippen LogP contribution in [0.25, 0.3) is 0 Å². The van der Waals surface area contributed by atoms with Crippen molar-refractivity contribution in [1.29, 1.82) is 0 Å². The van der Waals surface area contributed by atoms with E-state index in [4.69, 9.17) is 0 Å². The Morgan fingerprint density at radius 2 is 2.08 bits per heavy atom. The third-order valence-electron chi connectivity index (χ3n) is 3.14. The van der Waals surface area contributed by atoms with Crippen LogP contribution in [0.3, 0.4) is 0 Å². The molecule has 0 aromatic rings. The topological polar surface area (TPSA) is 29.4 Å². The van der Waals surface area contributed by atoms with Gasteiger partial charge in [0.25, 0.3) is 0 Å². The predicted octanol–water partition coefficient (Wildman–Crippen LogP) is 3.44. The van der Waals surface area contributed by atoms with Crippen LogP contribution in [-0.2, 0) is 0 Å². The molecule has 0 N–H and O–H groups in total. The zero-order valence-electron chi connectivity index (χ0n) is 8.79. The fourth-order valence-corrected chi connectivity index (χ4v) is 1.83. The minimum Gasteiger partial charge on any atom is -0.150 e. The van der Waals surface area contributed by atoms with Gasteiger partial charge in [-0.15, -0.1) is 0 Å². The molecule has 1 aliphatic rings. The van der Waals surface area contributed by atoms with Crippen LogP contribution in [0.1, 0.15) is 34.1 Å². The SMILES string of the molecule is CCC1=CC(N=O)C(C)C(C)=C1C. The van der Waals surface area contributed by atoms with Crippen molar-refractivity contribution >= 4 is 0 Å². The van der Waals surface area contributed by atoms with Crippen molar-refractivity contribution in [2.45, 2.75) is 40.2 Å². The summed E-state index contributed by atoms with van der Waals surface area (Å²) >= 11 is 0. The number of hydrogen-bond donors (Lipinski definition) is 0. The van der Waals surface area contributed by atoms with Crippen LogP contribution in [0.5, 0.6) is 0 Å². The van der Waals surface area contributed by atoms with Crippen LogP contribution >= 0.6 is 0 Å². The van der Waals surface area contributed by atoms with E-state index in [1.807, 2.05) is 6.08 Å². The maximum Gasteiger partial charge on any atom is 0.117 e. The summed E-state index contributed by atoms with van der Waals surface area (Å²) in [5, 5.41) is 3.15. The first-order chi connectivity index (χ1) is 6.11. The smallest absolute Gasteiger partial charge is 0.117 e. The van der Waals surface area contributed by atoms with Crippen molar-refractivity contribution in [3.8, 4) is 0 Å². The van der Waals surface area contributed by atoms with Gasteiger partial charge in [-0.25, -0.2) is 0 Å². The highest BCUT2D eigenvalue weighted by molar-refractivity contribution is 5.39. The standard InChI is InChI=1S/C11H17NO/c1-5-10-6-11(12-13)9(4)7(2)8(10)3/h6,9,11H,5H2,1-4H3. The van der Waals surface area contributed by atoms with E-state index in [0.717, 1.165) is 6.42 Å². The summed E-state index contributed by atoms with van der Waals surface area (Å²) < 4.78 is 0. The molecule has 0 radical (unpaired) electrons.